The largest absolute Gasteiger partial charge is 0.472 e. The lowest BCUT2D eigenvalue weighted by molar-refractivity contribution is -0.870. The number of nitrogens with zero attached hydrogens (tertiary/aromatic N) is 1. The molecule has 0 aromatic heterocycles. The summed E-state index contributed by atoms with van der Waals surface area (Å²) in [5.74, 6) is -0.325. The second-order valence-electron chi connectivity index (χ2n) is 12.9. The molecule has 0 rings (SSSR count). The standard InChI is InChI=1S/C34H68NO7P/c1-6-8-10-12-14-16-17-18-19-20-21-23-25-27-34(36)42-33(31-39-29-26-24-22-15-13-11-9-7-2)32-41-43(37,38)40-30-28-35(3,4)5/h16-17,33H,6-15,18-32H2,1-5H3/p+1/b17-16-. The van der Waals surface area contributed by atoms with Gasteiger partial charge in [0.05, 0.1) is 34.4 Å². The number of likely N-dealkylation sites (N-methyl/N-ethyl adjacent to an activating group) is 1. The number of phosphoric acid groups is 1. The number of hydrogen-bond acceptors (Lipinski definition) is 6. The first-order valence-corrected chi connectivity index (χ1v) is 18.9. The lowest BCUT2D eigenvalue weighted by Gasteiger charge is -2.24. The first-order valence-electron chi connectivity index (χ1n) is 17.4. The predicted molar refractivity (Wildman–Crippen MR) is 178 cm³/mol. The molecule has 256 valence electrons. The molecule has 0 radical (unpaired) electrons. The van der Waals surface area contributed by atoms with Crippen molar-refractivity contribution < 1.29 is 37.3 Å². The number of phosphoric ester groups is 1. The van der Waals surface area contributed by atoms with Crippen molar-refractivity contribution in [2.75, 3.05) is 54.1 Å². The Morgan fingerprint density at radius 1 is 0.698 bits per heavy atom. The predicted octanol–water partition coefficient (Wildman–Crippen LogP) is 9.15. The van der Waals surface area contributed by atoms with Crippen molar-refractivity contribution in [3.63, 3.8) is 0 Å². The smallest absolute Gasteiger partial charge is 0.457 e. The van der Waals surface area contributed by atoms with Gasteiger partial charge in [-0.15, -0.1) is 0 Å². The van der Waals surface area contributed by atoms with Crippen molar-refractivity contribution in [3.8, 4) is 0 Å². The Bertz CT molecular complexity index is 711. The van der Waals surface area contributed by atoms with Gasteiger partial charge in [-0.25, -0.2) is 4.57 Å². The summed E-state index contributed by atoms with van der Waals surface area (Å²) >= 11 is 0. The molecule has 8 nitrogen and oxygen atoms in total. The van der Waals surface area contributed by atoms with Gasteiger partial charge in [-0.3, -0.25) is 13.8 Å². The van der Waals surface area contributed by atoms with Crippen LogP contribution >= 0.6 is 7.82 Å². The van der Waals surface area contributed by atoms with E-state index in [9.17, 15) is 14.3 Å². The van der Waals surface area contributed by atoms with Crippen molar-refractivity contribution in [2.45, 2.75) is 148 Å². The minimum atomic E-state index is -4.25. The SMILES string of the molecule is CCCCCC/C=C\CCCCCCCC(=O)OC(COCCCCCCCCCC)COP(=O)(O)OCC[N+](C)(C)C. The third kappa shape index (κ3) is 32.4. The maximum atomic E-state index is 12.5. The summed E-state index contributed by atoms with van der Waals surface area (Å²) in [7, 11) is 1.66. The Hall–Kier alpha value is -0.760. The molecule has 0 aliphatic rings. The molecule has 2 unspecified atom stereocenters. The first-order chi connectivity index (χ1) is 20.6. The van der Waals surface area contributed by atoms with Crippen molar-refractivity contribution in [2.24, 2.45) is 0 Å². The van der Waals surface area contributed by atoms with Gasteiger partial charge in [0, 0.05) is 13.0 Å². The van der Waals surface area contributed by atoms with Crippen molar-refractivity contribution in [1.29, 1.82) is 0 Å². The fraction of sp³-hybridized carbons (Fsp3) is 0.912. The number of ether oxygens (including phenoxy) is 2. The summed E-state index contributed by atoms with van der Waals surface area (Å²) in [6, 6.07) is 0. The average molecular weight is 635 g/mol. The third-order valence-electron chi connectivity index (χ3n) is 7.33. The van der Waals surface area contributed by atoms with Crippen LogP contribution in [0.25, 0.3) is 0 Å². The Labute approximate surface area is 265 Å². The fourth-order valence-corrected chi connectivity index (χ4v) is 5.29. The number of hydrogen-bond donors (Lipinski definition) is 1. The Morgan fingerprint density at radius 2 is 1.21 bits per heavy atom. The third-order valence-corrected chi connectivity index (χ3v) is 8.31. The minimum absolute atomic E-state index is 0.0893. The van der Waals surface area contributed by atoms with E-state index < -0.39 is 13.9 Å². The number of carbonyl (C=O) groups is 1. The molecule has 0 aliphatic heterocycles. The van der Waals surface area contributed by atoms with Crippen LogP contribution in [0.3, 0.4) is 0 Å². The van der Waals surface area contributed by atoms with Crippen LogP contribution in [0.1, 0.15) is 142 Å². The van der Waals surface area contributed by atoms with E-state index in [-0.39, 0.29) is 25.8 Å². The number of quaternary nitrogens is 1. The van der Waals surface area contributed by atoms with Crippen LogP contribution in [-0.2, 0) is 27.9 Å². The normalized spacial score (nSPS) is 14.3. The Balaban J connectivity index is 4.33. The highest BCUT2D eigenvalue weighted by Crippen LogP contribution is 2.43. The molecule has 0 bridgehead atoms. The molecule has 43 heavy (non-hydrogen) atoms. The van der Waals surface area contributed by atoms with E-state index in [1.165, 1.54) is 77.0 Å². The van der Waals surface area contributed by atoms with Crippen LogP contribution in [-0.4, -0.2) is 75.6 Å². The molecule has 0 heterocycles. The zero-order valence-corrected chi connectivity index (χ0v) is 29.6. The Morgan fingerprint density at radius 3 is 1.79 bits per heavy atom. The molecule has 0 saturated carbocycles. The lowest BCUT2D eigenvalue weighted by Crippen LogP contribution is -2.37. The highest BCUT2D eigenvalue weighted by molar-refractivity contribution is 7.47. The highest BCUT2D eigenvalue weighted by Gasteiger charge is 2.26. The zero-order valence-electron chi connectivity index (χ0n) is 28.7. The molecular formula is C34H69NO7P+. The van der Waals surface area contributed by atoms with Gasteiger partial charge < -0.3 is 18.9 Å². The molecule has 0 saturated heterocycles. The lowest BCUT2D eigenvalue weighted by atomic mass is 10.1. The van der Waals surface area contributed by atoms with Crippen LogP contribution in [0.15, 0.2) is 12.2 Å². The van der Waals surface area contributed by atoms with Gasteiger partial charge in [0.15, 0.2) is 0 Å². The van der Waals surface area contributed by atoms with Gasteiger partial charge >= 0.3 is 13.8 Å². The van der Waals surface area contributed by atoms with Crippen molar-refractivity contribution >= 4 is 13.8 Å². The van der Waals surface area contributed by atoms with E-state index in [1.54, 1.807) is 0 Å². The second-order valence-corrected chi connectivity index (χ2v) is 14.4. The van der Waals surface area contributed by atoms with Gasteiger partial charge in [-0.05, 0) is 38.5 Å². The van der Waals surface area contributed by atoms with E-state index >= 15 is 0 Å². The molecule has 0 aromatic rings. The van der Waals surface area contributed by atoms with Gasteiger partial charge in [0.25, 0.3) is 0 Å². The second kappa shape index (κ2) is 28.7. The van der Waals surface area contributed by atoms with Crippen LogP contribution in [0.2, 0.25) is 0 Å². The molecule has 0 fully saturated rings. The van der Waals surface area contributed by atoms with E-state index in [2.05, 4.69) is 26.0 Å². The fourth-order valence-electron chi connectivity index (χ4n) is 4.54. The van der Waals surface area contributed by atoms with E-state index in [1.807, 2.05) is 21.1 Å². The van der Waals surface area contributed by atoms with Crippen LogP contribution in [0.5, 0.6) is 0 Å². The number of unbranched alkanes of at least 4 members (excludes halogenated alkanes) is 16. The highest BCUT2D eigenvalue weighted by atomic mass is 31.2. The van der Waals surface area contributed by atoms with Crippen LogP contribution < -0.4 is 0 Å². The van der Waals surface area contributed by atoms with E-state index in [4.69, 9.17) is 18.5 Å². The molecule has 0 aromatic carbocycles. The first kappa shape index (κ1) is 42.2. The molecule has 0 aliphatic carbocycles. The Kier molecular flexibility index (Phi) is 28.2. The van der Waals surface area contributed by atoms with Gasteiger partial charge in [0.2, 0.25) is 0 Å². The monoisotopic (exact) mass is 634 g/mol. The maximum absolute atomic E-state index is 12.5. The van der Waals surface area contributed by atoms with Crippen molar-refractivity contribution in [1.82, 2.24) is 0 Å². The molecule has 9 heteroatoms. The quantitative estimate of drug-likeness (QED) is 0.0259. The minimum Gasteiger partial charge on any atom is -0.457 e. The van der Waals surface area contributed by atoms with Gasteiger partial charge in [-0.1, -0.05) is 109 Å². The van der Waals surface area contributed by atoms with Crippen molar-refractivity contribution in [3.05, 3.63) is 12.2 Å². The summed E-state index contributed by atoms with van der Waals surface area (Å²) in [4.78, 5) is 22.6. The summed E-state index contributed by atoms with van der Waals surface area (Å²) in [6.07, 6.45) is 26.6. The molecule has 1 N–H and O–H groups in total. The van der Waals surface area contributed by atoms with Crippen LogP contribution in [0.4, 0.5) is 0 Å². The summed E-state index contributed by atoms with van der Waals surface area (Å²) in [6.45, 7) is 5.57. The molecule has 0 amide bonds. The number of esters is 1. The number of carbonyl (C=O) groups excluding carboxylic acids is 1. The van der Waals surface area contributed by atoms with E-state index in [0.29, 0.717) is 24.1 Å². The summed E-state index contributed by atoms with van der Waals surface area (Å²) < 4.78 is 34.6. The molecular weight excluding hydrogens is 565 g/mol. The average Bonchev–Trinajstić information content (AvgIpc) is 2.94. The summed E-state index contributed by atoms with van der Waals surface area (Å²) in [5, 5.41) is 0. The van der Waals surface area contributed by atoms with Gasteiger partial charge in [-0.2, -0.15) is 0 Å². The topological polar surface area (TPSA) is 91.3 Å². The van der Waals surface area contributed by atoms with Crippen LogP contribution in [0, 0.1) is 0 Å². The summed E-state index contributed by atoms with van der Waals surface area (Å²) in [5.41, 5.74) is 0. The molecule has 2 atom stereocenters. The number of rotatable bonds is 32. The van der Waals surface area contributed by atoms with E-state index in [0.717, 1.165) is 44.9 Å². The molecule has 0 spiro atoms. The zero-order chi connectivity index (χ0) is 32.1. The maximum Gasteiger partial charge on any atom is 0.472 e. The number of allylic oxidation sites excluding steroid dienone is 2. The van der Waals surface area contributed by atoms with Gasteiger partial charge in [0.1, 0.15) is 19.3 Å².